The van der Waals surface area contributed by atoms with E-state index in [2.05, 4.69) is 142 Å². The zero-order chi connectivity index (χ0) is 54.7. The van der Waals surface area contributed by atoms with Crippen LogP contribution in [0.2, 0.25) is 0 Å². The lowest BCUT2D eigenvalue weighted by atomic mass is 9.79. The number of methoxy groups -OCH3 is 1. The molecule has 19 heteroatoms. The van der Waals surface area contributed by atoms with Crippen LogP contribution in [0.3, 0.4) is 0 Å². The highest BCUT2D eigenvalue weighted by Crippen LogP contribution is 2.47. The number of aliphatic imine (C=N–C) groups is 2. The van der Waals surface area contributed by atoms with Crippen molar-refractivity contribution in [1.29, 1.82) is 0 Å². The van der Waals surface area contributed by atoms with Gasteiger partial charge in [-0.1, -0.05) is 69.2 Å². The number of aliphatic hydroxyl groups excluding tert-OH is 2. The molecule has 0 saturated heterocycles. The van der Waals surface area contributed by atoms with E-state index in [9.17, 15) is 15.0 Å². The number of aromatic nitrogens is 6. The largest absolute Gasteiger partial charge is 0.395 e. The number of rotatable bonds is 17. The SMILES string of the molecule is COC(OCNCC(C)c1nc2n(n1)N=C(C(C)(C)C)C2=Nc1cc2c(cc1C)N(CCO)C(C)(C)CC2C)C(=O)NCC(C)c1nc2n(n1)N=C(C(C)(C)C)C2=Nc1cc2c(cc1C)N(CCO)C(C)(C)CC2C. The third-order valence-electron chi connectivity index (χ3n) is 15.1. The Balaban J connectivity index is 0.896. The summed E-state index contributed by atoms with van der Waals surface area (Å²) in [4.78, 5) is 41.7. The van der Waals surface area contributed by atoms with Gasteiger partial charge in [0.25, 0.3) is 5.91 Å². The number of anilines is 2. The molecule has 75 heavy (non-hydrogen) atoms. The standard InChI is InChI=1S/C56H82N14O5/c1-31-22-41-37(33(3)26-55(13,14)67(41)18-20-71)24-39(31)59-43-45(53(7,8)9)63-69-49(43)61-47(65-69)35(5)28-57-30-75-52(74-17)51(73)58-29-36(6)48-62-50-44(46(54(10,11)12)64-70(50)66-48)60-40-25-38-34(4)27-56(15,16)68(19-21-72)42(38)23-32(40)2/h22-25,33-36,52,57,71-72H,18-21,26-30H2,1-17H3,(H,58,73). The van der Waals surface area contributed by atoms with Crippen molar-refractivity contribution in [1.82, 2.24) is 40.4 Å². The summed E-state index contributed by atoms with van der Waals surface area (Å²) in [6.07, 6.45) is 0.752. The second-order valence-corrected chi connectivity index (χ2v) is 24.5. The highest BCUT2D eigenvalue weighted by atomic mass is 16.7. The van der Waals surface area contributed by atoms with Gasteiger partial charge in [0.15, 0.2) is 11.6 Å². The molecule has 0 radical (unpaired) electrons. The minimum atomic E-state index is -1.17. The number of aryl methyl sites for hydroxylation is 2. The second kappa shape index (κ2) is 21.0. The molecule has 4 aromatic rings. The van der Waals surface area contributed by atoms with Crippen molar-refractivity contribution < 1.29 is 24.5 Å². The van der Waals surface area contributed by atoms with Crippen LogP contribution in [-0.2, 0) is 14.3 Å². The zero-order valence-corrected chi connectivity index (χ0v) is 47.5. The van der Waals surface area contributed by atoms with Crippen molar-refractivity contribution in [2.75, 3.05) is 63.0 Å². The summed E-state index contributed by atoms with van der Waals surface area (Å²) in [7, 11) is 1.43. The number of carbonyl (C=O) groups is 1. The summed E-state index contributed by atoms with van der Waals surface area (Å²) < 4.78 is 11.3. The number of nitrogens with one attached hydrogen (secondary N) is 2. The Kier molecular flexibility index (Phi) is 15.5. The number of carbonyl (C=O) groups excluding carboxylic acids is 1. The Labute approximate surface area is 443 Å². The van der Waals surface area contributed by atoms with Gasteiger partial charge < -0.3 is 34.8 Å². The minimum Gasteiger partial charge on any atom is -0.395 e. The van der Waals surface area contributed by atoms with Gasteiger partial charge in [-0.3, -0.25) is 10.1 Å². The van der Waals surface area contributed by atoms with E-state index in [1.807, 2.05) is 13.8 Å². The van der Waals surface area contributed by atoms with E-state index in [0.29, 0.717) is 66.2 Å². The number of hydrogen-bond acceptors (Lipinski definition) is 16. The van der Waals surface area contributed by atoms with E-state index in [-0.39, 0.29) is 60.2 Å². The monoisotopic (exact) mass is 1030 g/mol. The van der Waals surface area contributed by atoms with Crippen LogP contribution in [0.1, 0.15) is 179 Å². The van der Waals surface area contributed by atoms with Crippen LogP contribution in [0.25, 0.3) is 0 Å². The van der Waals surface area contributed by atoms with Crippen LogP contribution in [0.15, 0.2) is 44.5 Å². The zero-order valence-electron chi connectivity index (χ0n) is 47.5. The van der Waals surface area contributed by atoms with Gasteiger partial charge in [0.2, 0.25) is 17.9 Å². The summed E-state index contributed by atoms with van der Waals surface area (Å²) in [6, 6.07) is 8.78. The smallest absolute Gasteiger partial charge is 0.277 e. The molecule has 4 N–H and O–H groups in total. The molecule has 406 valence electrons. The lowest BCUT2D eigenvalue weighted by molar-refractivity contribution is -0.167. The molecule has 1 amide bonds. The molecule has 0 aliphatic carbocycles. The van der Waals surface area contributed by atoms with Crippen LogP contribution in [0.4, 0.5) is 22.7 Å². The molecule has 5 atom stereocenters. The molecular formula is C56H82N14O5. The third kappa shape index (κ3) is 11.1. The van der Waals surface area contributed by atoms with Gasteiger partial charge in [0, 0.05) is 78.4 Å². The molecule has 0 spiro atoms. The quantitative estimate of drug-likeness (QED) is 0.0585. The summed E-state index contributed by atoms with van der Waals surface area (Å²) in [5.41, 5.74) is 10.6. The van der Waals surface area contributed by atoms with Gasteiger partial charge >= 0.3 is 0 Å². The molecule has 0 fully saturated rings. The molecule has 19 nitrogen and oxygen atoms in total. The topological polar surface area (TPSA) is 217 Å². The van der Waals surface area contributed by atoms with Crippen LogP contribution in [0.5, 0.6) is 0 Å². The Morgan fingerprint density at radius 1 is 0.733 bits per heavy atom. The lowest BCUT2D eigenvalue weighted by Crippen LogP contribution is -2.49. The third-order valence-corrected chi connectivity index (χ3v) is 15.1. The van der Waals surface area contributed by atoms with Crippen molar-refractivity contribution in [2.45, 2.75) is 165 Å². The van der Waals surface area contributed by atoms with Gasteiger partial charge in [-0.05, 0) is 113 Å². The average molecular weight is 1030 g/mol. The summed E-state index contributed by atoms with van der Waals surface area (Å²) in [5, 5.41) is 45.5. The van der Waals surface area contributed by atoms with E-state index < -0.39 is 12.2 Å². The number of ether oxygens (including phenoxy) is 2. The highest BCUT2D eigenvalue weighted by Gasteiger charge is 2.41. The molecule has 8 rings (SSSR count). The highest BCUT2D eigenvalue weighted by molar-refractivity contribution is 6.51. The minimum absolute atomic E-state index is 0.0361. The van der Waals surface area contributed by atoms with Crippen molar-refractivity contribution in [3.05, 3.63) is 69.8 Å². The average Bonchev–Trinajstić information content (AvgIpc) is 4.10. The van der Waals surface area contributed by atoms with Crippen molar-refractivity contribution >= 4 is 51.5 Å². The van der Waals surface area contributed by atoms with Gasteiger partial charge in [0.1, 0.15) is 18.2 Å². The first-order valence-corrected chi connectivity index (χ1v) is 26.7. The van der Waals surface area contributed by atoms with Gasteiger partial charge in [-0.25, -0.2) is 20.0 Å². The first-order chi connectivity index (χ1) is 35.2. The molecule has 0 saturated carbocycles. The predicted molar refractivity (Wildman–Crippen MR) is 297 cm³/mol. The molecule has 5 unspecified atom stereocenters. The van der Waals surface area contributed by atoms with E-state index in [0.717, 1.165) is 58.1 Å². The van der Waals surface area contributed by atoms with Crippen LogP contribution < -0.4 is 20.4 Å². The number of aliphatic hydroxyl groups is 2. The molecule has 4 aliphatic heterocycles. The van der Waals surface area contributed by atoms with E-state index in [4.69, 9.17) is 49.8 Å². The number of amides is 1. The van der Waals surface area contributed by atoms with Crippen molar-refractivity contribution in [3.63, 3.8) is 0 Å². The molecular weight excluding hydrogens is 949 g/mol. The first-order valence-electron chi connectivity index (χ1n) is 26.7. The second-order valence-electron chi connectivity index (χ2n) is 24.5. The normalized spacial score (nSPS) is 21.2. The Morgan fingerprint density at radius 2 is 1.16 bits per heavy atom. The Bertz CT molecular complexity index is 2930. The Hall–Kier alpha value is -5.73. The fourth-order valence-corrected chi connectivity index (χ4v) is 11.2. The molecule has 0 bridgehead atoms. The molecule has 6 heterocycles. The number of hydrogen-bond donors (Lipinski definition) is 4. The van der Waals surface area contributed by atoms with Crippen molar-refractivity contribution in [3.8, 4) is 0 Å². The summed E-state index contributed by atoms with van der Waals surface area (Å²) >= 11 is 0. The fraction of sp³-hybridized carbons (Fsp3) is 0.625. The number of nitrogens with zero attached hydrogens (tertiary/aromatic N) is 12. The van der Waals surface area contributed by atoms with E-state index >= 15 is 0 Å². The fourth-order valence-electron chi connectivity index (χ4n) is 11.2. The van der Waals surface area contributed by atoms with Gasteiger partial charge in [0.05, 0.1) is 36.0 Å². The molecule has 2 aromatic heterocycles. The van der Waals surface area contributed by atoms with Gasteiger partial charge in [-0.15, -0.1) is 19.8 Å². The van der Waals surface area contributed by atoms with Crippen LogP contribution >= 0.6 is 0 Å². The van der Waals surface area contributed by atoms with Crippen LogP contribution in [-0.4, -0.2) is 139 Å². The lowest BCUT2D eigenvalue weighted by Gasteiger charge is -2.47. The number of β-amino-alcohol motifs (C(OH)–C–C–N with tert-alkyl or cyclic N) is 2. The summed E-state index contributed by atoms with van der Waals surface area (Å²) in [5.74, 6) is 2.06. The molecule has 2 aromatic carbocycles. The van der Waals surface area contributed by atoms with E-state index in [1.54, 1.807) is 9.58 Å². The van der Waals surface area contributed by atoms with Crippen molar-refractivity contribution in [2.24, 2.45) is 31.0 Å². The van der Waals surface area contributed by atoms with Crippen LogP contribution in [0, 0.1) is 24.7 Å². The van der Waals surface area contributed by atoms with E-state index in [1.165, 1.54) is 18.2 Å². The number of fused-ring (bicyclic) bond motifs is 4. The Morgan fingerprint density at radius 3 is 1.56 bits per heavy atom. The first kappa shape index (κ1) is 55.5. The maximum Gasteiger partial charge on any atom is 0.277 e. The maximum absolute atomic E-state index is 13.4. The maximum atomic E-state index is 13.4. The molecule has 4 aliphatic rings. The van der Waals surface area contributed by atoms with Gasteiger partial charge in [-0.2, -0.15) is 10.2 Å². The number of benzene rings is 2. The summed E-state index contributed by atoms with van der Waals surface area (Å²) in [6.45, 7) is 36.3. The predicted octanol–water partition coefficient (Wildman–Crippen LogP) is 7.98.